The summed E-state index contributed by atoms with van der Waals surface area (Å²) in [5.74, 6) is -0.875. The van der Waals surface area contributed by atoms with Crippen molar-refractivity contribution in [3.8, 4) is 0 Å². The smallest absolute Gasteiger partial charge is 0.335 e. The van der Waals surface area contributed by atoms with Crippen LogP contribution in [0.2, 0.25) is 0 Å². The van der Waals surface area contributed by atoms with Gasteiger partial charge in [0.05, 0.1) is 16.9 Å². The van der Waals surface area contributed by atoms with Gasteiger partial charge < -0.3 is 15.3 Å². The molecule has 2 rings (SSSR count). The topological polar surface area (TPSA) is 52.6 Å². The van der Waals surface area contributed by atoms with Crippen LogP contribution in [0.4, 0.5) is 11.4 Å². The lowest BCUT2D eigenvalue weighted by Gasteiger charge is -2.32. The first-order valence-corrected chi connectivity index (χ1v) is 6.08. The van der Waals surface area contributed by atoms with Crippen molar-refractivity contribution in [1.82, 2.24) is 0 Å². The van der Waals surface area contributed by atoms with Crippen LogP contribution in [-0.2, 0) is 0 Å². The minimum Gasteiger partial charge on any atom is -0.478 e. The third-order valence-corrected chi connectivity index (χ3v) is 3.06. The van der Waals surface area contributed by atoms with E-state index in [0.717, 1.165) is 31.0 Å². The van der Waals surface area contributed by atoms with E-state index in [9.17, 15) is 4.79 Å². The number of carbonyl (C=O) groups is 1. The zero-order chi connectivity index (χ0) is 12.3. The van der Waals surface area contributed by atoms with Gasteiger partial charge in [-0.3, -0.25) is 0 Å². The van der Waals surface area contributed by atoms with E-state index < -0.39 is 5.97 Å². The van der Waals surface area contributed by atoms with Gasteiger partial charge in [0.25, 0.3) is 0 Å². The number of benzene rings is 1. The molecule has 0 fully saturated rings. The van der Waals surface area contributed by atoms with Crippen LogP contribution in [0, 0.1) is 0 Å². The summed E-state index contributed by atoms with van der Waals surface area (Å²) in [6.45, 7) is 5.08. The average molecular weight is 234 g/mol. The molecule has 17 heavy (non-hydrogen) atoms. The number of nitrogens with one attached hydrogen (secondary N) is 1. The number of carboxylic acids is 1. The number of rotatable bonds is 4. The summed E-state index contributed by atoms with van der Waals surface area (Å²) in [4.78, 5) is 13.2. The minimum absolute atomic E-state index is 0.341. The van der Waals surface area contributed by atoms with Crippen LogP contribution >= 0.6 is 0 Å². The molecule has 0 unspecified atom stereocenters. The van der Waals surface area contributed by atoms with Crippen LogP contribution < -0.4 is 10.2 Å². The zero-order valence-electron chi connectivity index (χ0n) is 10.1. The number of fused-ring (bicyclic) bond motifs is 1. The molecule has 1 aromatic carbocycles. The number of anilines is 2. The van der Waals surface area contributed by atoms with Crippen molar-refractivity contribution in [2.45, 2.75) is 19.8 Å². The Morgan fingerprint density at radius 1 is 1.53 bits per heavy atom. The lowest BCUT2D eigenvalue weighted by atomic mass is 10.1. The molecule has 1 aromatic rings. The predicted molar refractivity (Wildman–Crippen MR) is 69.0 cm³/mol. The zero-order valence-corrected chi connectivity index (χ0v) is 10.1. The van der Waals surface area contributed by atoms with Crippen LogP contribution in [0.25, 0.3) is 0 Å². The Bertz CT molecular complexity index is 418. The van der Waals surface area contributed by atoms with Gasteiger partial charge in [0.1, 0.15) is 0 Å². The van der Waals surface area contributed by atoms with Crippen molar-refractivity contribution in [3.05, 3.63) is 23.8 Å². The maximum absolute atomic E-state index is 10.9. The lowest BCUT2D eigenvalue weighted by molar-refractivity contribution is 0.0697. The van der Waals surface area contributed by atoms with Gasteiger partial charge in [-0.2, -0.15) is 0 Å². The van der Waals surface area contributed by atoms with E-state index in [1.54, 1.807) is 12.1 Å². The molecular formula is C13H18N2O2. The van der Waals surface area contributed by atoms with Gasteiger partial charge in [-0.15, -0.1) is 0 Å². The Kier molecular flexibility index (Phi) is 3.52. The molecule has 1 aliphatic rings. The Morgan fingerprint density at radius 3 is 3.06 bits per heavy atom. The number of nitrogens with zero attached hydrogens (tertiary/aromatic N) is 1. The highest BCUT2D eigenvalue weighted by atomic mass is 16.4. The summed E-state index contributed by atoms with van der Waals surface area (Å²) in [7, 11) is 0. The molecule has 0 amide bonds. The fourth-order valence-electron chi connectivity index (χ4n) is 2.11. The highest BCUT2D eigenvalue weighted by Gasteiger charge is 2.17. The average Bonchev–Trinajstić information content (AvgIpc) is 2.35. The van der Waals surface area contributed by atoms with E-state index in [-0.39, 0.29) is 0 Å². The summed E-state index contributed by atoms with van der Waals surface area (Å²) in [6, 6.07) is 5.30. The summed E-state index contributed by atoms with van der Waals surface area (Å²) in [5, 5.41) is 12.2. The molecule has 2 N–H and O–H groups in total. The van der Waals surface area contributed by atoms with E-state index >= 15 is 0 Å². The van der Waals surface area contributed by atoms with E-state index in [0.29, 0.717) is 5.56 Å². The molecular weight excluding hydrogens is 216 g/mol. The molecule has 4 nitrogen and oxygen atoms in total. The fourth-order valence-corrected chi connectivity index (χ4v) is 2.11. The molecule has 0 radical (unpaired) electrons. The van der Waals surface area contributed by atoms with Gasteiger partial charge in [0.2, 0.25) is 0 Å². The van der Waals surface area contributed by atoms with Crippen molar-refractivity contribution in [2.24, 2.45) is 0 Å². The van der Waals surface area contributed by atoms with E-state index in [1.807, 2.05) is 6.07 Å². The molecule has 1 aliphatic heterocycles. The second-order valence-corrected chi connectivity index (χ2v) is 4.30. The SMILES string of the molecule is CCCCN1CCNc2cc(C(=O)O)ccc21. The highest BCUT2D eigenvalue weighted by Crippen LogP contribution is 2.30. The first-order chi connectivity index (χ1) is 8.22. The predicted octanol–water partition coefficient (Wildman–Crippen LogP) is 2.42. The van der Waals surface area contributed by atoms with Gasteiger partial charge in [0, 0.05) is 19.6 Å². The number of hydrogen-bond donors (Lipinski definition) is 2. The van der Waals surface area contributed by atoms with E-state index in [1.165, 1.54) is 12.8 Å². The first-order valence-electron chi connectivity index (χ1n) is 6.08. The molecule has 92 valence electrons. The second kappa shape index (κ2) is 5.08. The molecule has 0 saturated carbocycles. The maximum atomic E-state index is 10.9. The molecule has 4 heteroatoms. The van der Waals surface area contributed by atoms with Crippen LogP contribution in [0.15, 0.2) is 18.2 Å². The molecule has 0 spiro atoms. The standard InChI is InChI=1S/C13H18N2O2/c1-2-3-7-15-8-6-14-11-9-10(13(16)17)4-5-12(11)15/h4-5,9,14H,2-3,6-8H2,1H3,(H,16,17). The molecule has 0 saturated heterocycles. The summed E-state index contributed by atoms with van der Waals surface area (Å²) >= 11 is 0. The summed E-state index contributed by atoms with van der Waals surface area (Å²) in [6.07, 6.45) is 2.34. The van der Waals surface area contributed by atoms with Crippen molar-refractivity contribution >= 4 is 17.3 Å². The van der Waals surface area contributed by atoms with Crippen LogP contribution in [0.5, 0.6) is 0 Å². The fraction of sp³-hybridized carbons (Fsp3) is 0.462. The molecule has 0 atom stereocenters. The largest absolute Gasteiger partial charge is 0.478 e. The molecule has 0 aliphatic carbocycles. The van der Waals surface area contributed by atoms with Gasteiger partial charge in [-0.25, -0.2) is 4.79 Å². The van der Waals surface area contributed by atoms with Crippen molar-refractivity contribution < 1.29 is 9.90 Å². The molecule has 0 bridgehead atoms. The number of aromatic carboxylic acids is 1. The van der Waals surface area contributed by atoms with Crippen LogP contribution in [0.1, 0.15) is 30.1 Å². The Balaban J connectivity index is 2.23. The highest BCUT2D eigenvalue weighted by molar-refractivity contribution is 5.91. The van der Waals surface area contributed by atoms with E-state index in [2.05, 4.69) is 17.1 Å². The Labute approximate surface area is 101 Å². The third kappa shape index (κ3) is 2.52. The monoisotopic (exact) mass is 234 g/mol. The molecule has 1 heterocycles. The van der Waals surface area contributed by atoms with Crippen LogP contribution in [-0.4, -0.2) is 30.7 Å². The quantitative estimate of drug-likeness (QED) is 0.840. The number of hydrogen-bond acceptors (Lipinski definition) is 3. The molecule has 0 aromatic heterocycles. The van der Waals surface area contributed by atoms with Crippen molar-refractivity contribution in [3.63, 3.8) is 0 Å². The summed E-state index contributed by atoms with van der Waals surface area (Å²) in [5.41, 5.74) is 2.40. The van der Waals surface area contributed by atoms with Gasteiger partial charge >= 0.3 is 5.97 Å². The minimum atomic E-state index is -0.875. The second-order valence-electron chi connectivity index (χ2n) is 4.30. The maximum Gasteiger partial charge on any atom is 0.335 e. The Morgan fingerprint density at radius 2 is 2.35 bits per heavy atom. The van der Waals surface area contributed by atoms with Crippen molar-refractivity contribution in [1.29, 1.82) is 0 Å². The normalized spacial score (nSPS) is 14.1. The van der Waals surface area contributed by atoms with E-state index in [4.69, 9.17) is 5.11 Å². The number of unbranched alkanes of at least 4 members (excludes halogenated alkanes) is 1. The van der Waals surface area contributed by atoms with Gasteiger partial charge in [-0.1, -0.05) is 13.3 Å². The first kappa shape index (κ1) is 11.8. The van der Waals surface area contributed by atoms with Gasteiger partial charge in [0.15, 0.2) is 0 Å². The third-order valence-electron chi connectivity index (χ3n) is 3.06. The lowest BCUT2D eigenvalue weighted by Crippen LogP contribution is -2.34. The number of carboxylic acid groups (broad SMARTS) is 1. The summed E-state index contributed by atoms with van der Waals surface area (Å²) < 4.78 is 0. The van der Waals surface area contributed by atoms with Crippen molar-refractivity contribution in [2.75, 3.05) is 29.9 Å². The Hall–Kier alpha value is -1.71. The van der Waals surface area contributed by atoms with Crippen LogP contribution in [0.3, 0.4) is 0 Å². The van der Waals surface area contributed by atoms with Gasteiger partial charge in [-0.05, 0) is 24.6 Å².